The summed E-state index contributed by atoms with van der Waals surface area (Å²) in [4.78, 5) is 11.8. The maximum absolute atomic E-state index is 11.8. The predicted octanol–water partition coefficient (Wildman–Crippen LogP) is 0.653. The zero-order valence-electron chi connectivity index (χ0n) is 10.3. The first kappa shape index (κ1) is 13.5. The Morgan fingerprint density at radius 1 is 1.47 bits per heavy atom. The molecular formula is C12H18N2O3. The number of rotatable bonds is 5. The summed E-state index contributed by atoms with van der Waals surface area (Å²) in [5.74, 6) is 0.495. The van der Waals surface area contributed by atoms with Gasteiger partial charge in [-0.05, 0) is 31.2 Å². The lowest BCUT2D eigenvalue weighted by Gasteiger charge is -2.19. The first-order chi connectivity index (χ1) is 8.02. The third kappa shape index (κ3) is 4.42. The molecule has 0 bridgehead atoms. The van der Waals surface area contributed by atoms with Crippen LogP contribution in [0.4, 0.5) is 0 Å². The molecule has 1 unspecified atom stereocenters. The molecule has 0 saturated carbocycles. The van der Waals surface area contributed by atoms with E-state index in [1.165, 1.54) is 0 Å². The average Bonchev–Trinajstić information content (AvgIpc) is 2.28. The standard InChI is InChI=1S/C12H18N2O3/c1-9(15)8-14(2)13-12(16)10-4-6-11(17-3)7-5-10/h4-7,9,15H,8H2,1-3H3,(H,13,16). The van der Waals surface area contributed by atoms with Crippen molar-refractivity contribution in [1.82, 2.24) is 10.4 Å². The van der Waals surface area contributed by atoms with Crippen molar-refractivity contribution in [3.8, 4) is 5.75 Å². The van der Waals surface area contributed by atoms with Crippen molar-refractivity contribution in [3.63, 3.8) is 0 Å². The normalized spacial score (nSPS) is 12.3. The van der Waals surface area contributed by atoms with E-state index in [-0.39, 0.29) is 5.91 Å². The number of aliphatic hydroxyl groups excluding tert-OH is 1. The van der Waals surface area contributed by atoms with Gasteiger partial charge in [-0.15, -0.1) is 0 Å². The van der Waals surface area contributed by atoms with Gasteiger partial charge in [0.2, 0.25) is 0 Å². The number of ether oxygens (including phenoxy) is 1. The van der Waals surface area contributed by atoms with Crippen LogP contribution in [0.25, 0.3) is 0 Å². The van der Waals surface area contributed by atoms with Crippen LogP contribution >= 0.6 is 0 Å². The molecule has 17 heavy (non-hydrogen) atoms. The number of methoxy groups -OCH3 is 1. The van der Waals surface area contributed by atoms with Crippen molar-refractivity contribution < 1.29 is 14.6 Å². The van der Waals surface area contributed by atoms with Gasteiger partial charge in [-0.2, -0.15) is 0 Å². The molecular weight excluding hydrogens is 220 g/mol. The quantitative estimate of drug-likeness (QED) is 0.739. The van der Waals surface area contributed by atoms with Crippen LogP contribution in [0.15, 0.2) is 24.3 Å². The highest BCUT2D eigenvalue weighted by molar-refractivity contribution is 5.93. The number of nitrogens with zero attached hydrogens (tertiary/aromatic N) is 1. The van der Waals surface area contributed by atoms with Crippen LogP contribution in [-0.4, -0.2) is 42.8 Å². The highest BCUT2D eigenvalue weighted by atomic mass is 16.5. The van der Waals surface area contributed by atoms with Crippen LogP contribution in [0.2, 0.25) is 0 Å². The summed E-state index contributed by atoms with van der Waals surface area (Å²) in [7, 11) is 3.28. The van der Waals surface area contributed by atoms with Crippen molar-refractivity contribution in [2.75, 3.05) is 20.7 Å². The molecule has 94 valence electrons. The third-order valence-electron chi connectivity index (χ3n) is 2.18. The topological polar surface area (TPSA) is 61.8 Å². The van der Waals surface area contributed by atoms with Gasteiger partial charge in [0, 0.05) is 19.2 Å². The van der Waals surface area contributed by atoms with Crippen LogP contribution in [0.5, 0.6) is 5.75 Å². The molecule has 0 fully saturated rings. The highest BCUT2D eigenvalue weighted by Crippen LogP contribution is 2.11. The van der Waals surface area contributed by atoms with Gasteiger partial charge in [-0.3, -0.25) is 10.2 Å². The van der Waals surface area contributed by atoms with E-state index >= 15 is 0 Å². The fraction of sp³-hybridized carbons (Fsp3) is 0.417. The minimum atomic E-state index is -0.490. The molecule has 5 nitrogen and oxygen atoms in total. The molecule has 0 aromatic heterocycles. The summed E-state index contributed by atoms with van der Waals surface area (Å²) >= 11 is 0. The molecule has 1 atom stereocenters. The van der Waals surface area contributed by atoms with E-state index < -0.39 is 6.10 Å². The highest BCUT2D eigenvalue weighted by Gasteiger charge is 2.09. The molecule has 1 rings (SSSR count). The summed E-state index contributed by atoms with van der Waals surface area (Å²) in [6, 6.07) is 6.82. The van der Waals surface area contributed by atoms with Gasteiger partial charge < -0.3 is 9.84 Å². The Kier molecular flexibility index (Phi) is 4.93. The zero-order valence-corrected chi connectivity index (χ0v) is 10.3. The van der Waals surface area contributed by atoms with Gasteiger partial charge >= 0.3 is 0 Å². The molecule has 1 aromatic carbocycles. The Bertz CT molecular complexity index is 363. The van der Waals surface area contributed by atoms with Crippen LogP contribution in [0.3, 0.4) is 0 Å². The molecule has 0 heterocycles. The molecule has 0 spiro atoms. The average molecular weight is 238 g/mol. The number of benzene rings is 1. The first-order valence-corrected chi connectivity index (χ1v) is 5.37. The molecule has 0 aliphatic carbocycles. The van der Waals surface area contributed by atoms with Crippen LogP contribution < -0.4 is 10.2 Å². The zero-order chi connectivity index (χ0) is 12.8. The van der Waals surface area contributed by atoms with Gasteiger partial charge in [0.05, 0.1) is 13.2 Å². The number of hydrogen-bond donors (Lipinski definition) is 2. The molecule has 1 aromatic rings. The van der Waals surface area contributed by atoms with E-state index in [1.54, 1.807) is 50.4 Å². The van der Waals surface area contributed by atoms with E-state index in [1.807, 2.05) is 0 Å². The monoisotopic (exact) mass is 238 g/mol. The Hall–Kier alpha value is -1.59. The lowest BCUT2D eigenvalue weighted by Crippen LogP contribution is -2.42. The number of nitrogens with one attached hydrogen (secondary N) is 1. The number of hydrogen-bond acceptors (Lipinski definition) is 4. The second kappa shape index (κ2) is 6.22. The molecule has 0 radical (unpaired) electrons. The number of likely N-dealkylation sites (N-methyl/N-ethyl adjacent to an activating group) is 1. The summed E-state index contributed by atoms with van der Waals surface area (Å²) in [6.45, 7) is 2.04. The SMILES string of the molecule is COc1ccc(C(=O)NN(C)CC(C)O)cc1. The van der Waals surface area contributed by atoms with E-state index in [0.29, 0.717) is 17.9 Å². The summed E-state index contributed by atoms with van der Waals surface area (Å²) < 4.78 is 5.01. The van der Waals surface area contributed by atoms with Gasteiger partial charge in [0.1, 0.15) is 5.75 Å². The predicted molar refractivity (Wildman–Crippen MR) is 64.8 cm³/mol. The van der Waals surface area contributed by atoms with E-state index in [9.17, 15) is 4.79 Å². The van der Waals surface area contributed by atoms with Crippen LogP contribution in [0, 0.1) is 0 Å². The van der Waals surface area contributed by atoms with E-state index in [2.05, 4.69) is 5.43 Å². The molecule has 1 amide bonds. The number of aliphatic hydroxyl groups is 1. The van der Waals surface area contributed by atoms with Gasteiger partial charge in [0.15, 0.2) is 0 Å². The molecule has 2 N–H and O–H groups in total. The summed E-state index contributed by atoms with van der Waals surface area (Å²) in [5.41, 5.74) is 3.20. The number of carbonyl (C=O) groups is 1. The van der Waals surface area contributed by atoms with E-state index in [4.69, 9.17) is 9.84 Å². The summed E-state index contributed by atoms with van der Waals surface area (Å²) in [6.07, 6.45) is -0.490. The lowest BCUT2D eigenvalue weighted by molar-refractivity contribution is 0.0729. The Labute approximate surface area is 101 Å². The Morgan fingerprint density at radius 3 is 2.53 bits per heavy atom. The van der Waals surface area contributed by atoms with Gasteiger partial charge in [0.25, 0.3) is 5.91 Å². The molecule has 0 aliphatic heterocycles. The molecule has 0 saturated heterocycles. The fourth-order valence-corrected chi connectivity index (χ4v) is 1.42. The second-order valence-corrected chi connectivity index (χ2v) is 3.90. The molecule has 0 aliphatic rings. The second-order valence-electron chi connectivity index (χ2n) is 3.90. The minimum Gasteiger partial charge on any atom is -0.497 e. The largest absolute Gasteiger partial charge is 0.497 e. The smallest absolute Gasteiger partial charge is 0.265 e. The van der Waals surface area contributed by atoms with Gasteiger partial charge in [-0.25, -0.2) is 5.01 Å². The maximum Gasteiger partial charge on any atom is 0.265 e. The lowest BCUT2D eigenvalue weighted by atomic mass is 10.2. The van der Waals surface area contributed by atoms with E-state index in [0.717, 1.165) is 0 Å². The number of carbonyl (C=O) groups excluding carboxylic acids is 1. The Morgan fingerprint density at radius 2 is 2.06 bits per heavy atom. The van der Waals surface area contributed by atoms with Crippen LogP contribution in [-0.2, 0) is 0 Å². The van der Waals surface area contributed by atoms with Crippen molar-refractivity contribution in [2.24, 2.45) is 0 Å². The number of amides is 1. The maximum atomic E-state index is 11.8. The number of hydrazine groups is 1. The van der Waals surface area contributed by atoms with Crippen molar-refractivity contribution in [3.05, 3.63) is 29.8 Å². The third-order valence-corrected chi connectivity index (χ3v) is 2.18. The fourth-order valence-electron chi connectivity index (χ4n) is 1.42. The summed E-state index contributed by atoms with van der Waals surface area (Å²) in [5, 5.41) is 10.7. The van der Waals surface area contributed by atoms with Gasteiger partial charge in [-0.1, -0.05) is 0 Å². The van der Waals surface area contributed by atoms with Crippen molar-refractivity contribution in [2.45, 2.75) is 13.0 Å². The minimum absolute atomic E-state index is 0.212. The Balaban J connectivity index is 2.57. The van der Waals surface area contributed by atoms with Crippen molar-refractivity contribution in [1.29, 1.82) is 0 Å². The molecule has 5 heteroatoms. The first-order valence-electron chi connectivity index (χ1n) is 5.37. The van der Waals surface area contributed by atoms with Crippen LogP contribution in [0.1, 0.15) is 17.3 Å². The van der Waals surface area contributed by atoms with Crippen molar-refractivity contribution >= 4 is 5.91 Å².